The minimum Gasteiger partial charge on any atom is -0.497 e. The van der Waals surface area contributed by atoms with Gasteiger partial charge in [-0.3, -0.25) is 0 Å². The maximum atomic E-state index is 12.2. The number of aryl methyl sites for hydroxylation is 1. The Hall–Kier alpha value is -2.47. The molecule has 1 aromatic carbocycles. The monoisotopic (exact) mass is 344 g/mol. The molecule has 134 valence electrons. The van der Waals surface area contributed by atoms with Crippen molar-refractivity contribution in [3.63, 3.8) is 0 Å². The minimum absolute atomic E-state index is 0.0506. The van der Waals surface area contributed by atoms with Crippen LogP contribution in [0.25, 0.3) is 11.0 Å². The van der Waals surface area contributed by atoms with Crippen molar-refractivity contribution in [2.75, 3.05) is 13.7 Å². The van der Waals surface area contributed by atoms with Crippen LogP contribution in [0.4, 0.5) is 4.79 Å². The fraction of sp³-hybridized carbons (Fsp3) is 0.421. The van der Waals surface area contributed by atoms with Crippen molar-refractivity contribution in [2.24, 2.45) is 5.92 Å². The van der Waals surface area contributed by atoms with Gasteiger partial charge in [0.1, 0.15) is 17.1 Å². The first-order valence-corrected chi connectivity index (χ1v) is 8.45. The number of amides is 2. The molecule has 1 aliphatic rings. The van der Waals surface area contributed by atoms with Gasteiger partial charge >= 0.3 is 6.03 Å². The summed E-state index contributed by atoms with van der Waals surface area (Å²) < 4.78 is 11.2. The number of ether oxygens (including phenoxy) is 1. The zero-order valence-corrected chi connectivity index (χ0v) is 14.7. The molecule has 2 aromatic rings. The van der Waals surface area contributed by atoms with Crippen molar-refractivity contribution in [1.82, 2.24) is 10.6 Å². The maximum absolute atomic E-state index is 12.2. The highest BCUT2D eigenvalue weighted by molar-refractivity contribution is 5.84. The molecular weight excluding hydrogens is 320 g/mol. The van der Waals surface area contributed by atoms with Gasteiger partial charge in [-0.15, -0.1) is 0 Å². The van der Waals surface area contributed by atoms with Crippen LogP contribution >= 0.6 is 0 Å². The molecule has 1 unspecified atom stereocenters. The van der Waals surface area contributed by atoms with Gasteiger partial charge in [-0.1, -0.05) is 12.2 Å². The van der Waals surface area contributed by atoms with E-state index in [2.05, 4.69) is 10.6 Å². The smallest absolute Gasteiger partial charge is 0.315 e. The van der Waals surface area contributed by atoms with Crippen molar-refractivity contribution in [2.45, 2.75) is 32.4 Å². The second-order valence-corrected chi connectivity index (χ2v) is 6.46. The number of carbonyl (C=O) groups is 1. The van der Waals surface area contributed by atoms with Crippen LogP contribution < -0.4 is 15.4 Å². The number of hydrogen-bond acceptors (Lipinski definition) is 4. The summed E-state index contributed by atoms with van der Waals surface area (Å²) in [6, 6.07) is 5.09. The number of methoxy groups -OCH3 is 1. The van der Waals surface area contributed by atoms with Crippen LogP contribution in [0.1, 0.15) is 30.7 Å². The van der Waals surface area contributed by atoms with E-state index in [0.29, 0.717) is 0 Å². The Kier molecular flexibility index (Phi) is 4.99. The van der Waals surface area contributed by atoms with Crippen LogP contribution in [0.2, 0.25) is 0 Å². The highest BCUT2D eigenvalue weighted by atomic mass is 16.5. The van der Waals surface area contributed by atoms with E-state index in [4.69, 9.17) is 14.3 Å². The average molecular weight is 344 g/mol. The standard InChI is InChI=1S/C19H24N2O4/c1-11-16-9-15(24-3)6-7-17(16)25-18(11)12(2)20-19(23)21-14-5-4-13(8-14)10-22/h4-7,9,12-14,22H,8,10H2,1-3H3,(H2,20,21,23)/t12?,13-,14+/m0/s1. The van der Waals surface area contributed by atoms with Crippen molar-refractivity contribution in [3.8, 4) is 5.75 Å². The summed E-state index contributed by atoms with van der Waals surface area (Å²) in [6.45, 7) is 3.97. The molecule has 0 radical (unpaired) electrons. The van der Waals surface area contributed by atoms with Crippen LogP contribution in [-0.2, 0) is 0 Å². The summed E-state index contributed by atoms with van der Waals surface area (Å²) >= 11 is 0. The van der Waals surface area contributed by atoms with Crippen molar-refractivity contribution < 1.29 is 19.1 Å². The molecule has 3 rings (SSSR count). The van der Waals surface area contributed by atoms with Gasteiger partial charge < -0.3 is 24.9 Å². The summed E-state index contributed by atoms with van der Waals surface area (Å²) in [5.74, 6) is 1.62. The predicted octanol–water partition coefficient (Wildman–Crippen LogP) is 3.05. The molecule has 3 N–H and O–H groups in total. The van der Waals surface area contributed by atoms with E-state index in [1.807, 2.05) is 44.2 Å². The van der Waals surface area contributed by atoms with E-state index < -0.39 is 0 Å². The zero-order chi connectivity index (χ0) is 18.0. The fourth-order valence-electron chi connectivity index (χ4n) is 3.25. The van der Waals surface area contributed by atoms with Crippen LogP contribution in [-0.4, -0.2) is 30.9 Å². The Morgan fingerprint density at radius 3 is 2.92 bits per heavy atom. The first kappa shape index (κ1) is 17.4. The van der Waals surface area contributed by atoms with E-state index in [-0.39, 0.29) is 30.6 Å². The maximum Gasteiger partial charge on any atom is 0.315 e. The minimum atomic E-state index is -0.266. The molecule has 1 aliphatic carbocycles. The number of rotatable bonds is 5. The largest absolute Gasteiger partial charge is 0.497 e. The lowest BCUT2D eigenvalue weighted by atomic mass is 10.1. The van der Waals surface area contributed by atoms with Gasteiger partial charge in [0.25, 0.3) is 0 Å². The van der Waals surface area contributed by atoms with Gasteiger partial charge in [-0.05, 0) is 38.5 Å². The number of carbonyl (C=O) groups excluding carboxylic acids is 1. The van der Waals surface area contributed by atoms with E-state index in [9.17, 15) is 4.79 Å². The molecule has 6 nitrogen and oxygen atoms in total. The number of fused-ring (bicyclic) bond motifs is 1. The molecule has 2 amide bonds. The normalized spacial score (nSPS) is 20.6. The molecule has 6 heteroatoms. The molecule has 0 bridgehead atoms. The molecule has 0 fully saturated rings. The molecular formula is C19H24N2O4. The van der Waals surface area contributed by atoms with Gasteiger partial charge in [0, 0.05) is 29.5 Å². The van der Waals surface area contributed by atoms with Crippen molar-refractivity contribution in [3.05, 3.63) is 41.7 Å². The second-order valence-electron chi connectivity index (χ2n) is 6.46. The number of aliphatic hydroxyl groups excluding tert-OH is 1. The number of benzene rings is 1. The van der Waals surface area contributed by atoms with E-state index >= 15 is 0 Å². The molecule has 0 saturated carbocycles. The summed E-state index contributed by atoms with van der Waals surface area (Å²) in [6.07, 6.45) is 4.58. The average Bonchev–Trinajstić information content (AvgIpc) is 3.18. The lowest BCUT2D eigenvalue weighted by molar-refractivity contribution is 0.228. The van der Waals surface area contributed by atoms with Gasteiger partial charge in [-0.2, -0.15) is 0 Å². The highest BCUT2D eigenvalue weighted by Crippen LogP contribution is 2.31. The second kappa shape index (κ2) is 7.19. The first-order chi connectivity index (χ1) is 12.0. The fourth-order valence-corrected chi connectivity index (χ4v) is 3.25. The third-order valence-corrected chi connectivity index (χ3v) is 4.64. The van der Waals surface area contributed by atoms with Crippen LogP contribution in [0.3, 0.4) is 0 Å². The molecule has 0 spiro atoms. The number of urea groups is 1. The van der Waals surface area contributed by atoms with E-state index in [1.54, 1.807) is 7.11 Å². The SMILES string of the molecule is COc1ccc2oc(C(C)NC(=O)N[C@@H]3C=C[C@H](CO)C3)c(C)c2c1. The van der Waals surface area contributed by atoms with Crippen LogP contribution in [0.15, 0.2) is 34.8 Å². The quantitative estimate of drug-likeness (QED) is 0.728. The number of nitrogens with one attached hydrogen (secondary N) is 2. The Morgan fingerprint density at radius 2 is 2.24 bits per heavy atom. The Labute approximate surface area is 146 Å². The van der Waals surface area contributed by atoms with E-state index in [0.717, 1.165) is 34.5 Å². The van der Waals surface area contributed by atoms with Gasteiger partial charge in [0.2, 0.25) is 0 Å². The topological polar surface area (TPSA) is 83.7 Å². The first-order valence-electron chi connectivity index (χ1n) is 8.45. The summed E-state index contributed by atoms with van der Waals surface area (Å²) in [5.41, 5.74) is 1.76. The molecule has 3 atom stereocenters. The third-order valence-electron chi connectivity index (χ3n) is 4.64. The summed E-state index contributed by atoms with van der Waals surface area (Å²) in [5, 5.41) is 15.9. The van der Waals surface area contributed by atoms with Gasteiger partial charge in [0.15, 0.2) is 0 Å². The lowest BCUT2D eigenvalue weighted by Gasteiger charge is -2.17. The van der Waals surface area contributed by atoms with Crippen LogP contribution in [0, 0.1) is 12.8 Å². The van der Waals surface area contributed by atoms with Gasteiger partial charge in [0.05, 0.1) is 13.2 Å². The summed E-state index contributed by atoms with van der Waals surface area (Å²) in [7, 11) is 1.63. The number of aliphatic hydroxyl groups is 1. The number of hydrogen-bond donors (Lipinski definition) is 3. The molecule has 25 heavy (non-hydrogen) atoms. The zero-order valence-electron chi connectivity index (χ0n) is 14.7. The van der Waals surface area contributed by atoms with Crippen molar-refractivity contribution in [1.29, 1.82) is 0 Å². The van der Waals surface area contributed by atoms with E-state index in [1.165, 1.54) is 0 Å². The van der Waals surface area contributed by atoms with Crippen molar-refractivity contribution >= 4 is 17.0 Å². The lowest BCUT2D eigenvalue weighted by Crippen LogP contribution is -2.42. The molecule has 1 aromatic heterocycles. The molecule has 0 aliphatic heterocycles. The molecule has 0 saturated heterocycles. The predicted molar refractivity (Wildman–Crippen MR) is 95.7 cm³/mol. The van der Waals surface area contributed by atoms with Crippen LogP contribution in [0.5, 0.6) is 5.75 Å². The summed E-state index contributed by atoms with van der Waals surface area (Å²) in [4.78, 5) is 12.2. The third kappa shape index (κ3) is 3.64. The highest BCUT2D eigenvalue weighted by Gasteiger charge is 2.22. The number of furan rings is 1. The Balaban J connectivity index is 1.67. The van der Waals surface area contributed by atoms with Gasteiger partial charge in [-0.25, -0.2) is 4.79 Å². The molecule has 1 heterocycles. The Morgan fingerprint density at radius 1 is 1.44 bits per heavy atom. The Bertz CT molecular complexity index is 796.